The number of anilines is 1. The van der Waals surface area contributed by atoms with Gasteiger partial charge in [0.25, 0.3) is 0 Å². The van der Waals surface area contributed by atoms with Crippen molar-refractivity contribution < 1.29 is 4.52 Å². The highest BCUT2D eigenvalue weighted by Crippen LogP contribution is 2.36. The van der Waals surface area contributed by atoms with Crippen molar-refractivity contribution in [1.82, 2.24) is 30.0 Å². The Morgan fingerprint density at radius 3 is 2.82 bits per heavy atom. The van der Waals surface area contributed by atoms with Crippen molar-refractivity contribution in [3.63, 3.8) is 0 Å². The first-order valence-corrected chi connectivity index (χ1v) is 9.71. The zero-order valence-corrected chi connectivity index (χ0v) is 16.9. The van der Waals surface area contributed by atoms with Gasteiger partial charge in [-0.25, -0.2) is 15.0 Å². The maximum absolute atomic E-state index is 5.42. The summed E-state index contributed by atoms with van der Waals surface area (Å²) in [7, 11) is 3.94. The third-order valence-corrected chi connectivity index (χ3v) is 5.33. The van der Waals surface area contributed by atoms with E-state index in [1.165, 1.54) is 0 Å². The van der Waals surface area contributed by atoms with Gasteiger partial charge < -0.3 is 14.4 Å². The molecule has 1 aliphatic rings. The van der Waals surface area contributed by atoms with Gasteiger partial charge in [0.1, 0.15) is 11.6 Å². The van der Waals surface area contributed by atoms with Crippen LogP contribution in [0.25, 0.3) is 11.1 Å². The highest BCUT2D eigenvalue weighted by Gasteiger charge is 2.28. The van der Waals surface area contributed by atoms with Gasteiger partial charge in [-0.05, 0) is 33.2 Å². The predicted octanol–water partition coefficient (Wildman–Crippen LogP) is 2.92. The first-order valence-electron chi connectivity index (χ1n) is 9.71. The van der Waals surface area contributed by atoms with Gasteiger partial charge in [-0.1, -0.05) is 5.16 Å². The van der Waals surface area contributed by atoms with E-state index in [9.17, 15) is 0 Å². The van der Waals surface area contributed by atoms with Crippen LogP contribution in [-0.2, 0) is 6.54 Å². The maximum Gasteiger partial charge on any atom is 0.225 e. The summed E-state index contributed by atoms with van der Waals surface area (Å²) in [4.78, 5) is 21.5. The van der Waals surface area contributed by atoms with Crippen LogP contribution in [0.4, 0.5) is 5.95 Å². The van der Waals surface area contributed by atoms with Gasteiger partial charge in [0.2, 0.25) is 5.95 Å². The van der Waals surface area contributed by atoms with Crippen molar-refractivity contribution in [2.45, 2.75) is 39.2 Å². The topological polar surface area (TPSA) is 87.0 Å². The number of aromatic amines is 1. The summed E-state index contributed by atoms with van der Waals surface area (Å²) in [5.74, 6) is 2.87. The molecule has 0 spiro atoms. The minimum Gasteiger partial charge on any atom is -0.361 e. The fourth-order valence-electron chi connectivity index (χ4n) is 3.99. The summed E-state index contributed by atoms with van der Waals surface area (Å²) in [6.45, 7) is 6.77. The van der Waals surface area contributed by atoms with E-state index in [0.29, 0.717) is 5.92 Å². The van der Waals surface area contributed by atoms with Crippen molar-refractivity contribution in [2.24, 2.45) is 0 Å². The van der Waals surface area contributed by atoms with Crippen LogP contribution in [0, 0.1) is 13.8 Å². The van der Waals surface area contributed by atoms with Crippen molar-refractivity contribution in [2.75, 3.05) is 32.1 Å². The van der Waals surface area contributed by atoms with E-state index >= 15 is 0 Å². The molecule has 8 nitrogen and oxygen atoms in total. The summed E-state index contributed by atoms with van der Waals surface area (Å²) in [6.07, 6.45) is 7.85. The number of aromatic nitrogens is 5. The Morgan fingerprint density at radius 2 is 2.14 bits per heavy atom. The lowest BCUT2D eigenvalue weighted by Gasteiger charge is -2.33. The Hall–Kier alpha value is -2.74. The second kappa shape index (κ2) is 7.71. The lowest BCUT2D eigenvalue weighted by atomic mass is 9.89. The van der Waals surface area contributed by atoms with Crippen LogP contribution in [0.15, 0.2) is 23.1 Å². The number of piperidine rings is 1. The number of nitrogens with zero attached hydrogens (tertiary/aromatic N) is 6. The van der Waals surface area contributed by atoms with Crippen molar-refractivity contribution >= 4 is 5.95 Å². The quantitative estimate of drug-likeness (QED) is 0.727. The number of hydrogen-bond donors (Lipinski definition) is 1. The fraction of sp³-hybridized carbons (Fsp3) is 0.500. The molecule has 1 saturated heterocycles. The van der Waals surface area contributed by atoms with E-state index in [4.69, 9.17) is 9.51 Å². The molecule has 1 atom stereocenters. The molecule has 4 rings (SSSR count). The normalized spacial score (nSPS) is 17.8. The second-order valence-corrected chi connectivity index (χ2v) is 7.67. The molecule has 0 aromatic carbocycles. The molecule has 1 fully saturated rings. The standard InChI is InChI=1S/C20H27N7O/c1-13-18(14(2)28-25-13)16-10-23-20(26(3)4)24-19(16)15-6-5-9-27(11-15)12-17-21-7-8-22-17/h7-8,10,15H,5-6,9,11-12H2,1-4H3,(H,21,22)/t15-/m0/s1. The molecule has 0 aliphatic carbocycles. The number of hydrogen-bond acceptors (Lipinski definition) is 7. The van der Waals surface area contributed by atoms with Crippen LogP contribution < -0.4 is 4.90 Å². The molecule has 1 aliphatic heterocycles. The number of nitrogens with one attached hydrogen (secondary N) is 1. The van der Waals surface area contributed by atoms with Crippen LogP contribution in [0.2, 0.25) is 0 Å². The highest BCUT2D eigenvalue weighted by molar-refractivity contribution is 5.70. The van der Waals surface area contributed by atoms with Gasteiger partial charge in [0.05, 0.1) is 23.5 Å². The smallest absolute Gasteiger partial charge is 0.225 e. The highest BCUT2D eigenvalue weighted by atomic mass is 16.5. The van der Waals surface area contributed by atoms with E-state index in [2.05, 4.69) is 25.0 Å². The zero-order valence-electron chi connectivity index (χ0n) is 16.9. The first-order chi connectivity index (χ1) is 13.5. The predicted molar refractivity (Wildman–Crippen MR) is 107 cm³/mol. The molecule has 4 heterocycles. The average molecular weight is 381 g/mol. The summed E-state index contributed by atoms with van der Waals surface area (Å²) in [6, 6.07) is 0. The molecular weight excluding hydrogens is 354 g/mol. The summed E-state index contributed by atoms with van der Waals surface area (Å²) < 4.78 is 5.42. The molecule has 0 bridgehead atoms. The number of rotatable bonds is 5. The van der Waals surface area contributed by atoms with E-state index < -0.39 is 0 Å². The molecule has 3 aromatic rings. The number of H-pyrrole nitrogens is 1. The third-order valence-electron chi connectivity index (χ3n) is 5.33. The van der Waals surface area contributed by atoms with Crippen molar-refractivity contribution in [3.05, 3.63) is 41.6 Å². The van der Waals surface area contributed by atoms with Crippen LogP contribution in [0.1, 0.15) is 41.7 Å². The Balaban J connectivity index is 1.69. The molecule has 0 amide bonds. The lowest BCUT2D eigenvalue weighted by molar-refractivity contribution is 0.195. The molecule has 1 N–H and O–H groups in total. The van der Waals surface area contributed by atoms with Gasteiger partial charge in [-0.2, -0.15) is 0 Å². The van der Waals surface area contributed by atoms with E-state index in [0.717, 1.165) is 72.5 Å². The maximum atomic E-state index is 5.42. The number of aryl methyl sites for hydroxylation is 2. The molecule has 0 radical (unpaired) electrons. The summed E-state index contributed by atoms with van der Waals surface area (Å²) in [5, 5.41) is 4.14. The summed E-state index contributed by atoms with van der Waals surface area (Å²) >= 11 is 0. The van der Waals surface area contributed by atoms with Crippen molar-refractivity contribution in [3.8, 4) is 11.1 Å². The molecule has 3 aromatic heterocycles. The van der Waals surface area contributed by atoms with Crippen LogP contribution in [0.5, 0.6) is 0 Å². The molecule has 28 heavy (non-hydrogen) atoms. The van der Waals surface area contributed by atoms with Crippen LogP contribution >= 0.6 is 0 Å². The fourth-order valence-corrected chi connectivity index (χ4v) is 3.99. The Bertz CT molecular complexity index is 913. The van der Waals surface area contributed by atoms with Crippen molar-refractivity contribution in [1.29, 1.82) is 0 Å². The monoisotopic (exact) mass is 381 g/mol. The largest absolute Gasteiger partial charge is 0.361 e. The van der Waals surface area contributed by atoms with Gasteiger partial charge in [0, 0.05) is 50.7 Å². The second-order valence-electron chi connectivity index (χ2n) is 7.67. The zero-order chi connectivity index (χ0) is 19.7. The van der Waals surface area contributed by atoms with E-state index in [1.807, 2.05) is 45.2 Å². The Morgan fingerprint density at radius 1 is 1.29 bits per heavy atom. The SMILES string of the molecule is Cc1noc(C)c1-c1cnc(N(C)C)nc1[C@H]1CCCN(Cc2ncc[nH]2)C1. The minimum absolute atomic E-state index is 0.328. The Kier molecular flexibility index (Phi) is 5.13. The minimum atomic E-state index is 0.328. The third kappa shape index (κ3) is 3.64. The molecule has 0 saturated carbocycles. The van der Waals surface area contributed by atoms with Gasteiger partial charge in [0.15, 0.2) is 0 Å². The average Bonchev–Trinajstić information content (AvgIpc) is 3.31. The number of imidazole rings is 1. The van der Waals surface area contributed by atoms with Gasteiger partial charge in [-0.15, -0.1) is 0 Å². The number of likely N-dealkylation sites (tertiary alicyclic amines) is 1. The van der Waals surface area contributed by atoms with E-state index in [-0.39, 0.29) is 0 Å². The summed E-state index contributed by atoms with van der Waals surface area (Å²) in [5.41, 5.74) is 4.01. The van der Waals surface area contributed by atoms with E-state index in [1.54, 1.807) is 6.20 Å². The van der Waals surface area contributed by atoms with Gasteiger partial charge >= 0.3 is 0 Å². The van der Waals surface area contributed by atoms with Crippen LogP contribution in [0.3, 0.4) is 0 Å². The van der Waals surface area contributed by atoms with Gasteiger partial charge in [-0.3, -0.25) is 4.90 Å². The molecular formula is C20H27N7O. The first kappa shape index (κ1) is 18.6. The molecule has 148 valence electrons. The van der Waals surface area contributed by atoms with Crippen LogP contribution in [-0.4, -0.2) is 57.2 Å². The molecule has 8 heteroatoms. The molecule has 0 unspecified atom stereocenters. The lowest BCUT2D eigenvalue weighted by Crippen LogP contribution is -2.35. The Labute approximate surface area is 165 Å².